The molecular formula is C36H32ClN5O5. The van der Waals surface area contributed by atoms with Gasteiger partial charge in [-0.25, -0.2) is 4.79 Å². The number of para-hydroxylation sites is 1. The van der Waals surface area contributed by atoms with Crippen LogP contribution >= 0.6 is 11.6 Å². The van der Waals surface area contributed by atoms with Gasteiger partial charge in [0.15, 0.2) is 5.75 Å². The van der Waals surface area contributed by atoms with E-state index < -0.39 is 11.7 Å². The molecule has 0 saturated carbocycles. The summed E-state index contributed by atoms with van der Waals surface area (Å²) in [6.07, 6.45) is -0.733. The fraction of sp³-hybridized carbons (Fsp3) is 0.194. The monoisotopic (exact) mass is 649 g/mol. The zero-order valence-corrected chi connectivity index (χ0v) is 26.7. The van der Waals surface area contributed by atoms with E-state index in [1.54, 1.807) is 43.9 Å². The molecule has 1 atom stereocenters. The van der Waals surface area contributed by atoms with Crippen molar-refractivity contribution >= 4 is 73.5 Å². The first-order valence-corrected chi connectivity index (χ1v) is 15.7. The molecule has 4 N–H and O–H groups in total. The maximum atomic E-state index is 14.1. The number of anilines is 2. The lowest BCUT2D eigenvalue weighted by Crippen LogP contribution is -2.34. The Bertz CT molecular complexity index is 2160. The number of halogens is 1. The molecule has 4 aromatic carbocycles. The van der Waals surface area contributed by atoms with Gasteiger partial charge in [-0.2, -0.15) is 5.48 Å². The summed E-state index contributed by atoms with van der Waals surface area (Å²) in [5.41, 5.74) is 6.30. The molecule has 3 amide bonds. The van der Waals surface area contributed by atoms with E-state index in [0.29, 0.717) is 40.9 Å². The van der Waals surface area contributed by atoms with Crippen LogP contribution in [-0.2, 0) is 4.74 Å². The molecule has 6 aromatic rings. The third-order valence-electron chi connectivity index (χ3n) is 8.09. The van der Waals surface area contributed by atoms with Crippen molar-refractivity contribution in [2.45, 2.75) is 32.3 Å². The second-order valence-electron chi connectivity index (χ2n) is 12.5. The molecule has 0 spiro atoms. The lowest BCUT2D eigenvalue weighted by Gasteiger charge is -2.21. The van der Waals surface area contributed by atoms with Crippen molar-refractivity contribution in [2.24, 2.45) is 0 Å². The second kappa shape index (κ2) is 11.7. The number of aromatic nitrogens is 2. The SMILES string of the molecule is CC(C)(C)OC(=O)NOc1cc2c(c3ccccc13)C(CCl)CN2C(=O)c1cc2cc(NC(=O)c3cc4ccccc4[nH]3)ccc2[nH]1. The van der Waals surface area contributed by atoms with Crippen molar-refractivity contribution in [3.05, 3.63) is 102 Å². The summed E-state index contributed by atoms with van der Waals surface area (Å²) >= 11 is 6.46. The summed E-state index contributed by atoms with van der Waals surface area (Å²) in [5, 5.41) is 6.29. The first-order valence-electron chi connectivity index (χ1n) is 15.2. The van der Waals surface area contributed by atoms with Crippen LogP contribution in [0.4, 0.5) is 16.2 Å². The molecule has 1 aliphatic rings. The first kappa shape index (κ1) is 30.2. The highest BCUT2D eigenvalue weighted by Gasteiger charge is 2.36. The van der Waals surface area contributed by atoms with E-state index in [2.05, 4.69) is 20.8 Å². The van der Waals surface area contributed by atoms with Crippen LogP contribution in [0.3, 0.4) is 0 Å². The van der Waals surface area contributed by atoms with Gasteiger partial charge >= 0.3 is 6.09 Å². The standard InChI is InChI=1S/C36H32ClN5O5/c1-36(2,3)46-35(45)41-47-31-17-30-32(25-10-6-5-9-24(25)31)22(18-37)19-42(30)34(44)29-16-21-14-23(12-13-27(21)40-29)38-33(43)28-15-20-8-4-7-11-26(20)39-28/h4-17,22,39-40H,18-19H2,1-3H3,(H,38,43)(H,41,45). The predicted octanol–water partition coefficient (Wildman–Crippen LogP) is 7.86. The Kier molecular flexibility index (Phi) is 7.52. The number of nitrogens with one attached hydrogen (secondary N) is 4. The molecule has 2 aromatic heterocycles. The van der Waals surface area contributed by atoms with E-state index in [1.807, 2.05) is 66.7 Å². The summed E-state index contributed by atoms with van der Waals surface area (Å²) in [6, 6.07) is 26.1. The molecule has 0 fully saturated rings. The molecule has 11 heteroatoms. The van der Waals surface area contributed by atoms with Gasteiger partial charge in [-0.05, 0) is 68.1 Å². The highest BCUT2D eigenvalue weighted by molar-refractivity contribution is 6.19. The zero-order valence-electron chi connectivity index (χ0n) is 25.9. The van der Waals surface area contributed by atoms with Gasteiger partial charge in [0.25, 0.3) is 11.8 Å². The molecule has 238 valence electrons. The highest BCUT2D eigenvalue weighted by Crippen LogP contribution is 2.46. The molecule has 0 aliphatic carbocycles. The number of H-pyrrole nitrogens is 2. The van der Waals surface area contributed by atoms with Crippen LogP contribution in [0.5, 0.6) is 5.75 Å². The lowest BCUT2D eigenvalue weighted by molar-refractivity contribution is 0.0290. The maximum absolute atomic E-state index is 14.1. The molecule has 1 aliphatic heterocycles. The first-order chi connectivity index (χ1) is 22.6. The van der Waals surface area contributed by atoms with E-state index in [4.69, 9.17) is 21.2 Å². The third kappa shape index (κ3) is 5.83. The van der Waals surface area contributed by atoms with Crippen LogP contribution in [0.15, 0.2) is 84.9 Å². The molecule has 0 bridgehead atoms. The molecule has 0 saturated heterocycles. The molecule has 3 heterocycles. The quantitative estimate of drug-likeness (QED) is 0.108. The number of carbonyl (C=O) groups excluding carboxylic acids is 3. The Labute approximate surface area is 274 Å². The average Bonchev–Trinajstić information content (AvgIpc) is 3.77. The predicted molar refractivity (Wildman–Crippen MR) is 184 cm³/mol. The van der Waals surface area contributed by atoms with E-state index in [9.17, 15) is 14.4 Å². The minimum Gasteiger partial charge on any atom is -0.442 e. The number of hydroxylamine groups is 1. The third-order valence-corrected chi connectivity index (χ3v) is 8.46. The van der Waals surface area contributed by atoms with Gasteiger partial charge in [-0.1, -0.05) is 42.5 Å². The smallest absolute Gasteiger partial charge is 0.441 e. The van der Waals surface area contributed by atoms with Crippen molar-refractivity contribution in [1.82, 2.24) is 15.4 Å². The van der Waals surface area contributed by atoms with Crippen molar-refractivity contribution in [2.75, 3.05) is 22.6 Å². The molecule has 7 rings (SSSR count). The van der Waals surface area contributed by atoms with Crippen molar-refractivity contribution in [3.8, 4) is 5.75 Å². The number of benzene rings is 4. The summed E-state index contributed by atoms with van der Waals surface area (Å²) in [4.78, 5) is 53.3. The molecule has 0 radical (unpaired) electrons. The van der Waals surface area contributed by atoms with E-state index in [1.165, 1.54) is 0 Å². The van der Waals surface area contributed by atoms with E-state index in [-0.39, 0.29) is 17.7 Å². The minimum atomic E-state index is -0.733. The number of ether oxygens (including phenoxy) is 1. The summed E-state index contributed by atoms with van der Waals surface area (Å²) in [5.74, 6) is 0.0394. The molecule has 47 heavy (non-hydrogen) atoms. The lowest BCUT2D eigenvalue weighted by atomic mass is 9.95. The number of hydrogen-bond donors (Lipinski definition) is 4. The fourth-order valence-corrected chi connectivity index (χ4v) is 6.33. The Balaban J connectivity index is 1.17. The highest BCUT2D eigenvalue weighted by atomic mass is 35.5. The van der Waals surface area contributed by atoms with E-state index >= 15 is 0 Å². The van der Waals surface area contributed by atoms with Gasteiger partial charge in [-0.3, -0.25) is 9.59 Å². The van der Waals surface area contributed by atoms with Gasteiger partial charge in [0.2, 0.25) is 0 Å². The van der Waals surface area contributed by atoms with Crippen LogP contribution in [0, 0.1) is 0 Å². The molecule has 1 unspecified atom stereocenters. The van der Waals surface area contributed by atoms with Gasteiger partial charge in [0.1, 0.15) is 17.0 Å². The topological polar surface area (TPSA) is 129 Å². The summed E-state index contributed by atoms with van der Waals surface area (Å²) in [7, 11) is 0. The largest absolute Gasteiger partial charge is 0.442 e. The summed E-state index contributed by atoms with van der Waals surface area (Å²) in [6.45, 7) is 5.66. The molecular weight excluding hydrogens is 618 g/mol. The number of hydrogen-bond acceptors (Lipinski definition) is 5. The normalized spacial score (nSPS) is 14.4. The summed E-state index contributed by atoms with van der Waals surface area (Å²) < 4.78 is 5.32. The van der Waals surface area contributed by atoms with Gasteiger partial charge in [0.05, 0.1) is 5.69 Å². The Morgan fingerprint density at radius 3 is 2.34 bits per heavy atom. The van der Waals surface area contributed by atoms with Gasteiger partial charge < -0.3 is 29.8 Å². The van der Waals surface area contributed by atoms with Crippen LogP contribution in [0.25, 0.3) is 32.6 Å². The minimum absolute atomic E-state index is 0.121. The second-order valence-corrected chi connectivity index (χ2v) is 12.8. The number of carbonyl (C=O) groups is 3. The van der Waals surface area contributed by atoms with Crippen molar-refractivity contribution in [1.29, 1.82) is 0 Å². The number of alkyl halides is 1. The number of fused-ring (bicyclic) bond motifs is 5. The van der Waals surface area contributed by atoms with Crippen LogP contribution in [0.2, 0.25) is 0 Å². The van der Waals surface area contributed by atoms with Crippen molar-refractivity contribution < 1.29 is 24.0 Å². The van der Waals surface area contributed by atoms with Gasteiger partial charge in [0, 0.05) is 57.3 Å². The number of aromatic amines is 2. The van der Waals surface area contributed by atoms with Crippen LogP contribution < -0.4 is 20.5 Å². The van der Waals surface area contributed by atoms with E-state index in [0.717, 1.165) is 38.1 Å². The Hall–Kier alpha value is -5.48. The van der Waals surface area contributed by atoms with Crippen LogP contribution in [0.1, 0.15) is 53.2 Å². The Morgan fingerprint density at radius 1 is 0.872 bits per heavy atom. The maximum Gasteiger partial charge on any atom is 0.441 e. The van der Waals surface area contributed by atoms with Crippen molar-refractivity contribution in [3.63, 3.8) is 0 Å². The zero-order chi connectivity index (χ0) is 32.9. The average molecular weight is 650 g/mol. The van der Waals surface area contributed by atoms with Gasteiger partial charge in [-0.15, -0.1) is 11.6 Å². The molecule has 10 nitrogen and oxygen atoms in total. The Morgan fingerprint density at radius 2 is 1.57 bits per heavy atom. The number of rotatable bonds is 6. The fourth-order valence-electron chi connectivity index (χ4n) is 6.08. The number of nitrogens with zero attached hydrogens (tertiary/aromatic N) is 1. The van der Waals surface area contributed by atoms with Crippen LogP contribution in [-0.4, -0.2) is 45.9 Å². The number of amides is 3.